The first-order valence-corrected chi connectivity index (χ1v) is 11.0. The number of amides is 1. The van der Waals surface area contributed by atoms with Crippen LogP contribution in [0.2, 0.25) is 0 Å². The van der Waals surface area contributed by atoms with Crippen molar-refractivity contribution in [3.05, 3.63) is 68.7 Å². The molecule has 1 amide bonds. The molecule has 0 radical (unpaired) electrons. The summed E-state index contributed by atoms with van der Waals surface area (Å²) in [7, 11) is 0. The summed E-state index contributed by atoms with van der Waals surface area (Å²) in [4.78, 5) is 29.7. The topological polar surface area (TPSA) is 85.6 Å². The predicted octanol–water partition coefficient (Wildman–Crippen LogP) is 5.19. The van der Waals surface area contributed by atoms with Gasteiger partial charge in [0, 0.05) is 29.3 Å². The first-order chi connectivity index (χ1) is 14.5. The largest absolute Gasteiger partial charge is 0.376 e. The Balaban J connectivity index is 1.59. The second-order valence-corrected chi connectivity index (χ2v) is 8.80. The van der Waals surface area contributed by atoms with Gasteiger partial charge in [0.2, 0.25) is 0 Å². The zero-order valence-electron chi connectivity index (χ0n) is 15.9. The summed E-state index contributed by atoms with van der Waals surface area (Å²) in [6.45, 7) is 1.14. The maximum absolute atomic E-state index is 13.1. The van der Waals surface area contributed by atoms with Gasteiger partial charge in [-0.3, -0.25) is 19.8 Å². The fourth-order valence-electron chi connectivity index (χ4n) is 3.22. The van der Waals surface area contributed by atoms with Crippen LogP contribution in [0.15, 0.2) is 53.0 Å². The van der Waals surface area contributed by atoms with Crippen LogP contribution < -0.4 is 4.90 Å². The molecule has 9 heteroatoms. The van der Waals surface area contributed by atoms with Crippen LogP contribution in [0.1, 0.15) is 18.4 Å². The van der Waals surface area contributed by atoms with Crippen LogP contribution in [0, 0.1) is 10.1 Å². The molecule has 0 bridgehead atoms. The average Bonchev–Trinajstić information content (AvgIpc) is 3.39. The van der Waals surface area contributed by atoms with E-state index in [1.54, 1.807) is 23.1 Å². The number of halogens is 1. The van der Waals surface area contributed by atoms with Gasteiger partial charge in [0.15, 0.2) is 5.13 Å². The van der Waals surface area contributed by atoms with Crippen LogP contribution in [0.25, 0.3) is 16.3 Å². The number of fused-ring (bicyclic) bond motifs is 1. The summed E-state index contributed by atoms with van der Waals surface area (Å²) in [5.41, 5.74) is 1.56. The molecular weight excluding hydrogens is 470 g/mol. The summed E-state index contributed by atoms with van der Waals surface area (Å²) in [6, 6.07) is 11.9. The monoisotopic (exact) mass is 487 g/mol. The minimum Gasteiger partial charge on any atom is -0.376 e. The number of aromatic nitrogens is 1. The molecule has 4 rings (SSSR count). The highest BCUT2D eigenvalue weighted by molar-refractivity contribution is 9.10. The van der Waals surface area contributed by atoms with Gasteiger partial charge in [0.25, 0.3) is 11.6 Å². The van der Waals surface area contributed by atoms with Crippen molar-refractivity contribution in [2.24, 2.45) is 0 Å². The third-order valence-electron chi connectivity index (χ3n) is 4.77. The second kappa shape index (κ2) is 9.03. The Morgan fingerprint density at radius 3 is 2.83 bits per heavy atom. The summed E-state index contributed by atoms with van der Waals surface area (Å²) in [5.74, 6) is -0.207. The molecule has 7 nitrogen and oxygen atoms in total. The molecule has 30 heavy (non-hydrogen) atoms. The molecule has 1 aromatic heterocycles. The molecule has 1 aliphatic heterocycles. The van der Waals surface area contributed by atoms with E-state index in [0.29, 0.717) is 23.8 Å². The molecule has 1 saturated heterocycles. The number of benzene rings is 2. The Morgan fingerprint density at radius 2 is 2.13 bits per heavy atom. The lowest BCUT2D eigenvalue weighted by molar-refractivity contribution is -0.384. The normalized spacial score (nSPS) is 16.4. The predicted molar refractivity (Wildman–Crippen MR) is 121 cm³/mol. The van der Waals surface area contributed by atoms with Gasteiger partial charge in [-0.2, -0.15) is 0 Å². The van der Waals surface area contributed by atoms with E-state index in [2.05, 4.69) is 20.9 Å². The summed E-state index contributed by atoms with van der Waals surface area (Å²) in [5, 5.41) is 11.4. The van der Waals surface area contributed by atoms with Crippen LogP contribution >= 0.6 is 27.3 Å². The number of hydrogen-bond donors (Lipinski definition) is 0. The van der Waals surface area contributed by atoms with Crippen LogP contribution in [0.5, 0.6) is 0 Å². The molecule has 0 aliphatic carbocycles. The molecule has 3 aromatic rings. The zero-order valence-corrected chi connectivity index (χ0v) is 18.3. The highest BCUT2D eigenvalue weighted by Gasteiger charge is 2.25. The Bertz CT molecular complexity index is 1110. The first-order valence-electron chi connectivity index (χ1n) is 9.41. The molecule has 2 heterocycles. The molecule has 2 aromatic carbocycles. The lowest BCUT2D eigenvalue weighted by atomic mass is 10.2. The second-order valence-electron chi connectivity index (χ2n) is 6.87. The molecule has 154 valence electrons. The van der Waals surface area contributed by atoms with Crippen molar-refractivity contribution >= 4 is 60.3 Å². The zero-order chi connectivity index (χ0) is 21.1. The van der Waals surface area contributed by atoms with Gasteiger partial charge in [-0.05, 0) is 54.8 Å². The first kappa shape index (κ1) is 20.6. The smallest absolute Gasteiger partial charge is 0.269 e. The number of carbonyl (C=O) groups is 1. The van der Waals surface area contributed by atoms with Crippen molar-refractivity contribution in [1.29, 1.82) is 0 Å². The van der Waals surface area contributed by atoms with E-state index in [-0.39, 0.29) is 17.7 Å². The van der Waals surface area contributed by atoms with Gasteiger partial charge in [-0.15, -0.1) is 0 Å². The Morgan fingerprint density at radius 1 is 1.33 bits per heavy atom. The lowest BCUT2D eigenvalue weighted by Crippen LogP contribution is -2.36. The van der Waals surface area contributed by atoms with E-state index in [4.69, 9.17) is 4.74 Å². The minimum atomic E-state index is -0.451. The number of carbonyl (C=O) groups excluding carboxylic acids is 1. The fraction of sp³-hybridized carbons (Fsp3) is 0.238. The van der Waals surface area contributed by atoms with Crippen LogP contribution in [0.3, 0.4) is 0 Å². The number of anilines is 1. The number of ether oxygens (including phenoxy) is 1. The number of hydrogen-bond acceptors (Lipinski definition) is 6. The van der Waals surface area contributed by atoms with Crippen molar-refractivity contribution in [2.45, 2.75) is 18.9 Å². The highest BCUT2D eigenvalue weighted by Crippen LogP contribution is 2.32. The Labute approximate surface area is 185 Å². The average molecular weight is 488 g/mol. The molecule has 1 unspecified atom stereocenters. The van der Waals surface area contributed by atoms with Crippen molar-refractivity contribution in [3.8, 4) is 0 Å². The lowest BCUT2D eigenvalue weighted by Gasteiger charge is -2.21. The Kier molecular flexibility index (Phi) is 6.21. The number of thiazole rings is 1. The third-order valence-corrected chi connectivity index (χ3v) is 6.30. The van der Waals surface area contributed by atoms with E-state index >= 15 is 0 Å². The van der Waals surface area contributed by atoms with E-state index in [9.17, 15) is 14.9 Å². The van der Waals surface area contributed by atoms with Gasteiger partial charge in [-0.1, -0.05) is 27.3 Å². The van der Waals surface area contributed by atoms with Crippen molar-refractivity contribution in [2.75, 3.05) is 18.1 Å². The quantitative estimate of drug-likeness (QED) is 0.271. The number of rotatable bonds is 6. The van der Waals surface area contributed by atoms with Gasteiger partial charge in [0.05, 0.1) is 27.8 Å². The van der Waals surface area contributed by atoms with E-state index in [1.165, 1.54) is 29.5 Å². The number of nitro groups is 1. The van der Waals surface area contributed by atoms with Crippen molar-refractivity contribution < 1.29 is 14.5 Å². The van der Waals surface area contributed by atoms with Crippen LogP contribution in [-0.4, -0.2) is 35.1 Å². The highest BCUT2D eigenvalue weighted by atomic mass is 79.9. The maximum Gasteiger partial charge on any atom is 0.269 e. The third kappa shape index (κ3) is 4.75. The van der Waals surface area contributed by atoms with Gasteiger partial charge in [0.1, 0.15) is 0 Å². The summed E-state index contributed by atoms with van der Waals surface area (Å²) < 4.78 is 7.68. The maximum atomic E-state index is 13.1. The summed E-state index contributed by atoms with van der Waals surface area (Å²) in [6.07, 6.45) is 5.00. The van der Waals surface area contributed by atoms with Gasteiger partial charge >= 0.3 is 0 Å². The standard InChI is InChI=1S/C21H18BrN3O4S/c22-15-6-9-18-19(12-15)30-21(23-18)24(13-17-2-1-11-29-17)20(26)10-5-14-3-7-16(8-4-14)25(27)28/h3-10,12,17H,1-2,11,13H2/b10-5-. The molecule has 0 saturated carbocycles. The SMILES string of the molecule is O=C(/C=C\c1ccc([N+](=O)[O-])cc1)N(CC1CCCO1)c1nc2ccc(Br)cc2s1. The van der Waals surface area contributed by atoms with Crippen LogP contribution in [-0.2, 0) is 9.53 Å². The van der Waals surface area contributed by atoms with E-state index < -0.39 is 4.92 Å². The van der Waals surface area contributed by atoms with Crippen molar-refractivity contribution in [3.63, 3.8) is 0 Å². The fourth-order valence-corrected chi connectivity index (χ4v) is 4.75. The molecule has 1 aliphatic rings. The molecule has 1 atom stereocenters. The number of non-ortho nitro benzene ring substituents is 1. The van der Waals surface area contributed by atoms with E-state index in [1.807, 2.05) is 18.2 Å². The van der Waals surface area contributed by atoms with Gasteiger partial charge < -0.3 is 4.74 Å². The molecule has 0 spiro atoms. The number of nitrogens with zero attached hydrogens (tertiary/aromatic N) is 3. The van der Waals surface area contributed by atoms with Crippen LogP contribution in [0.4, 0.5) is 10.8 Å². The van der Waals surface area contributed by atoms with Gasteiger partial charge in [-0.25, -0.2) is 4.98 Å². The summed E-state index contributed by atoms with van der Waals surface area (Å²) >= 11 is 4.93. The van der Waals surface area contributed by atoms with Crippen molar-refractivity contribution in [1.82, 2.24) is 4.98 Å². The number of nitro benzene ring substituents is 1. The molecular formula is C21H18BrN3O4S. The molecule has 0 N–H and O–H groups in total. The Hall–Kier alpha value is -2.62. The minimum absolute atomic E-state index is 0.0131. The van der Waals surface area contributed by atoms with E-state index in [0.717, 1.165) is 27.5 Å². The molecule has 1 fully saturated rings.